The lowest BCUT2D eigenvalue weighted by molar-refractivity contribution is 0.459. The Morgan fingerprint density at radius 2 is 1.46 bits per heavy atom. The highest BCUT2D eigenvalue weighted by Gasteiger charge is 2.21. The summed E-state index contributed by atoms with van der Waals surface area (Å²) in [4.78, 5) is -0.584. The molecule has 0 saturated carbocycles. The molecule has 0 spiro atoms. The van der Waals surface area contributed by atoms with Gasteiger partial charge in [0.1, 0.15) is 10.6 Å². The SMILES string of the molecule is Cc1ccc(S(=O)(=O)O)cc1-c1ccccc1NS(=O)(=O)c1ccccc1O. The fraction of sp³-hybridized carbons (Fsp3) is 0.0526. The van der Waals surface area contributed by atoms with Crippen molar-refractivity contribution in [2.75, 3.05) is 4.72 Å². The van der Waals surface area contributed by atoms with Gasteiger partial charge >= 0.3 is 0 Å². The molecule has 0 atom stereocenters. The molecule has 146 valence electrons. The van der Waals surface area contributed by atoms with Crippen molar-refractivity contribution in [3.63, 3.8) is 0 Å². The molecule has 3 N–H and O–H groups in total. The maximum absolute atomic E-state index is 12.7. The van der Waals surface area contributed by atoms with Crippen LogP contribution in [-0.2, 0) is 20.1 Å². The molecule has 0 amide bonds. The Bertz CT molecular complexity index is 1250. The number of hydrogen-bond acceptors (Lipinski definition) is 5. The largest absolute Gasteiger partial charge is 0.507 e. The topological polar surface area (TPSA) is 121 Å². The molecule has 0 aromatic heterocycles. The molecule has 0 aliphatic rings. The summed E-state index contributed by atoms with van der Waals surface area (Å²) in [5.74, 6) is -0.392. The number of anilines is 1. The van der Waals surface area contributed by atoms with Crippen molar-refractivity contribution in [2.24, 2.45) is 0 Å². The lowest BCUT2D eigenvalue weighted by atomic mass is 9.99. The molecule has 28 heavy (non-hydrogen) atoms. The molecule has 0 aliphatic heterocycles. The standard InChI is InChI=1S/C19H17NO6S2/c1-13-10-11-14(28(24,25)26)12-16(13)15-6-2-3-7-17(15)20-27(22,23)19-9-5-4-8-18(19)21/h2-12,20-21H,1H3,(H,24,25,26). The van der Waals surface area contributed by atoms with Gasteiger partial charge in [0, 0.05) is 5.56 Å². The van der Waals surface area contributed by atoms with E-state index in [1.54, 1.807) is 25.1 Å². The number of para-hydroxylation sites is 2. The van der Waals surface area contributed by atoms with Gasteiger partial charge in [-0.3, -0.25) is 9.27 Å². The van der Waals surface area contributed by atoms with Gasteiger partial charge < -0.3 is 5.11 Å². The molecule has 0 heterocycles. The van der Waals surface area contributed by atoms with E-state index in [4.69, 9.17) is 0 Å². The lowest BCUT2D eigenvalue weighted by Gasteiger charge is -2.15. The van der Waals surface area contributed by atoms with Crippen LogP contribution in [-0.4, -0.2) is 26.5 Å². The van der Waals surface area contributed by atoms with Crippen LogP contribution in [0.1, 0.15) is 5.56 Å². The maximum atomic E-state index is 12.7. The van der Waals surface area contributed by atoms with Crippen molar-refractivity contribution >= 4 is 25.8 Å². The Hall–Kier alpha value is -2.88. The van der Waals surface area contributed by atoms with E-state index in [0.29, 0.717) is 16.7 Å². The normalized spacial score (nSPS) is 11.9. The predicted molar refractivity (Wildman–Crippen MR) is 105 cm³/mol. The molecule has 3 aromatic rings. The van der Waals surface area contributed by atoms with Gasteiger partial charge in [-0.15, -0.1) is 0 Å². The number of aromatic hydroxyl groups is 1. The van der Waals surface area contributed by atoms with Crippen molar-refractivity contribution in [1.82, 2.24) is 0 Å². The van der Waals surface area contributed by atoms with Gasteiger partial charge in [0.2, 0.25) is 0 Å². The van der Waals surface area contributed by atoms with E-state index >= 15 is 0 Å². The van der Waals surface area contributed by atoms with Gasteiger partial charge in [-0.25, -0.2) is 8.42 Å². The fourth-order valence-corrected chi connectivity index (χ4v) is 4.43. The van der Waals surface area contributed by atoms with Gasteiger partial charge in [-0.1, -0.05) is 36.4 Å². The van der Waals surface area contributed by atoms with Crippen molar-refractivity contribution in [3.05, 3.63) is 72.3 Å². The van der Waals surface area contributed by atoms with E-state index in [1.165, 1.54) is 48.5 Å². The molecular weight excluding hydrogens is 402 g/mol. The average Bonchev–Trinajstić information content (AvgIpc) is 2.62. The van der Waals surface area contributed by atoms with Crippen molar-refractivity contribution in [2.45, 2.75) is 16.7 Å². The van der Waals surface area contributed by atoms with Crippen LogP contribution in [0.4, 0.5) is 5.69 Å². The van der Waals surface area contributed by atoms with Crippen LogP contribution >= 0.6 is 0 Å². The number of phenolic OH excluding ortho intramolecular Hbond substituents is 1. The van der Waals surface area contributed by atoms with Gasteiger partial charge in [0.15, 0.2) is 0 Å². The fourth-order valence-electron chi connectivity index (χ4n) is 2.74. The molecule has 0 bridgehead atoms. The van der Waals surface area contributed by atoms with Crippen LogP contribution in [0.15, 0.2) is 76.5 Å². The number of aryl methyl sites for hydroxylation is 1. The molecule has 0 saturated heterocycles. The lowest BCUT2D eigenvalue weighted by Crippen LogP contribution is -2.14. The quantitative estimate of drug-likeness (QED) is 0.545. The van der Waals surface area contributed by atoms with Gasteiger partial charge in [0.25, 0.3) is 20.1 Å². The minimum Gasteiger partial charge on any atom is -0.507 e. The molecule has 7 nitrogen and oxygen atoms in total. The zero-order valence-corrected chi connectivity index (χ0v) is 16.3. The predicted octanol–water partition coefficient (Wildman–Crippen LogP) is 3.42. The van der Waals surface area contributed by atoms with E-state index in [9.17, 15) is 26.5 Å². The molecule has 0 radical (unpaired) electrons. The maximum Gasteiger partial charge on any atom is 0.294 e. The summed E-state index contributed by atoms with van der Waals surface area (Å²) in [6.07, 6.45) is 0. The van der Waals surface area contributed by atoms with Crippen LogP contribution in [0.25, 0.3) is 11.1 Å². The first-order valence-electron chi connectivity index (χ1n) is 8.08. The number of rotatable bonds is 5. The third kappa shape index (κ3) is 4.01. The summed E-state index contributed by atoms with van der Waals surface area (Å²) in [6, 6.07) is 16.0. The monoisotopic (exact) mass is 419 g/mol. The molecule has 0 fully saturated rings. The highest BCUT2D eigenvalue weighted by Crippen LogP contribution is 2.34. The average molecular weight is 419 g/mol. The molecule has 3 rings (SSSR count). The van der Waals surface area contributed by atoms with E-state index in [1.807, 2.05) is 0 Å². The summed E-state index contributed by atoms with van der Waals surface area (Å²) in [7, 11) is -8.51. The summed E-state index contributed by atoms with van der Waals surface area (Å²) >= 11 is 0. The van der Waals surface area contributed by atoms with E-state index in [-0.39, 0.29) is 15.5 Å². The number of nitrogens with one attached hydrogen (secondary N) is 1. The Balaban J connectivity index is 2.12. The van der Waals surface area contributed by atoms with Crippen LogP contribution in [0.5, 0.6) is 5.75 Å². The first-order chi connectivity index (χ1) is 13.1. The van der Waals surface area contributed by atoms with Crippen LogP contribution in [0.2, 0.25) is 0 Å². The molecule has 0 unspecified atom stereocenters. The van der Waals surface area contributed by atoms with E-state index in [0.717, 1.165) is 0 Å². The minimum absolute atomic E-state index is 0.196. The van der Waals surface area contributed by atoms with Crippen molar-refractivity contribution in [1.29, 1.82) is 0 Å². The van der Waals surface area contributed by atoms with Crippen LogP contribution in [0, 0.1) is 6.92 Å². The van der Waals surface area contributed by atoms with Crippen molar-refractivity contribution < 1.29 is 26.5 Å². The number of benzene rings is 3. The first kappa shape index (κ1) is 19.9. The highest BCUT2D eigenvalue weighted by molar-refractivity contribution is 7.92. The number of hydrogen-bond donors (Lipinski definition) is 3. The smallest absolute Gasteiger partial charge is 0.294 e. The summed E-state index contributed by atoms with van der Waals surface area (Å²) in [5, 5.41) is 9.87. The summed E-state index contributed by atoms with van der Waals surface area (Å²) in [6.45, 7) is 1.73. The zero-order chi connectivity index (χ0) is 20.5. The Kier molecular flexibility index (Phi) is 5.16. The highest BCUT2D eigenvalue weighted by atomic mass is 32.2. The molecule has 9 heteroatoms. The second-order valence-corrected chi connectivity index (χ2v) is 9.14. The number of sulfonamides is 1. The summed E-state index contributed by atoms with van der Waals surface area (Å²) in [5.41, 5.74) is 1.73. The first-order valence-corrected chi connectivity index (χ1v) is 11.0. The zero-order valence-electron chi connectivity index (χ0n) is 14.7. The second-order valence-electron chi connectivity index (χ2n) is 6.07. The number of phenols is 1. The summed E-state index contributed by atoms with van der Waals surface area (Å²) < 4.78 is 60.1. The van der Waals surface area contributed by atoms with E-state index in [2.05, 4.69) is 4.72 Å². The Morgan fingerprint density at radius 1 is 0.821 bits per heavy atom. The second kappa shape index (κ2) is 7.27. The van der Waals surface area contributed by atoms with Gasteiger partial charge in [-0.05, 0) is 48.4 Å². The minimum atomic E-state index is -4.42. The molecule has 0 aliphatic carbocycles. The van der Waals surface area contributed by atoms with Crippen LogP contribution in [0.3, 0.4) is 0 Å². The third-order valence-corrected chi connectivity index (χ3v) is 6.39. The van der Waals surface area contributed by atoms with Gasteiger partial charge in [0.05, 0.1) is 10.6 Å². The Morgan fingerprint density at radius 3 is 2.14 bits per heavy atom. The molecule has 3 aromatic carbocycles. The van der Waals surface area contributed by atoms with Gasteiger partial charge in [-0.2, -0.15) is 8.42 Å². The Labute approximate surface area is 163 Å². The molecular formula is C19H17NO6S2. The van der Waals surface area contributed by atoms with Crippen molar-refractivity contribution in [3.8, 4) is 16.9 Å². The van der Waals surface area contributed by atoms with E-state index < -0.39 is 25.9 Å². The van der Waals surface area contributed by atoms with Crippen LogP contribution < -0.4 is 4.72 Å². The third-order valence-electron chi connectivity index (χ3n) is 4.12.